The number of aromatic nitrogens is 2. The molecule has 3 aromatic rings. The molecule has 0 saturated heterocycles. The van der Waals surface area contributed by atoms with E-state index < -0.39 is 0 Å². The Kier molecular flexibility index (Phi) is 4.71. The molecule has 0 radical (unpaired) electrons. The van der Waals surface area contributed by atoms with Crippen molar-refractivity contribution in [3.05, 3.63) is 48.3 Å². The summed E-state index contributed by atoms with van der Waals surface area (Å²) in [6.07, 6.45) is 1.95. The minimum atomic E-state index is 0.734. The van der Waals surface area contributed by atoms with E-state index in [-0.39, 0.29) is 0 Å². The smallest absolute Gasteiger partial charge is 0.137 e. The third-order valence-electron chi connectivity index (χ3n) is 4.35. The van der Waals surface area contributed by atoms with Crippen LogP contribution in [0.15, 0.2) is 42.6 Å². The van der Waals surface area contributed by atoms with Crippen LogP contribution in [0.2, 0.25) is 0 Å². The molecule has 0 aliphatic heterocycles. The highest BCUT2D eigenvalue weighted by Crippen LogP contribution is 2.28. The lowest BCUT2D eigenvalue weighted by Gasteiger charge is -2.18. The zero-order chi connectivity index (χ0) is 17.1. The molecule has 0 saturated carbocycles. The van der Waals surface area contributed by atoms with Crippen LogP contribution in [0, 0.1) is 0 Å². The van der Waals surface area contributed by atoms with E-state index in [9.17, 15) is 0 Å². The fourth-order valence-electron chi connectivity index (χ4n) is 2.92. The molecule has 0 aliphatic rings. The van der Waals surface area contributed by atoms with Crippen LogP contribution in [0.1, 0.15) is 19.5 Å². The second-order valence-electron chi connectivity index (χ2n) is 5.79. The maximum absolute atomic E-state index is 6.00. The summed E-state index contributed by atoms with van der Waals surface area (Å²) < 4.78 is 7.47. The van der Waals surface area contributed by atoms with Crippen molar-refractivity contribution in [2.45, 2.75) is 20.4 Å². The number of pyridine rings is 1. The number of benzene rings is 1. The number of ether oxygens (including phenoxy) is 1. The Labute approximate surface area is 142 Å². The molecule has 0 atom stereocenters. The molecule has 126 valence electrons. The van der Waals surface area contributed by atoms with Crippen molar-refractivity contribution in [2.75, 3.05) is 25.9 Å². The average molecular weight is 324 g/mol. The number of imidazole rings is 1. The van der Waals surface area contributed by atoms with E-state index in [1.54, 1.807) is 7.11 Å². The van der Waals surface area contributed by atoms with Crippen molar-refractivity contribution >= 4 is 11.3 Å². The monoisotopic (exact) mass is 324 g/mol. The molecule has 2 N–H and O–H groups in total. The van der Waals surface area contributed by atoms with Gasteiger partial charge in [0.1, 0.15) is 11.4 Å². The molecule has 5 nitrogen and oxygen atoms in total. The van der Waals surface area contributed by atoms with Gasteiger partial charge in [-0.1, -0.05) is 26.0 Å². The standard InChI is InChI=1S/C19H24N4O/c1-4-22(5-2)13-17-19(14-7-6-8-16(11-14)24-3)21-18-10-9-15(20)12-23(17)18/h6-12H,4-5,13,20H2,1-3H3. The molecule has 2 heterocycles. The van der Waals surface area contributed by atoms with Crippen LogP contribution in [-0.4, -0.2) is 34.5 Å². The first-order chi connectivity index (χ1) is 11.7. The second kappa shape index (κ2) is 6.93. The van der Waals surface area contributed by atoms with Gasteiger partial charge in [-0.25, -0.2) is 4.98 Å². The average Bonchev–Trinajstić information content (AvgIpc) is 2.97. The maximum Gasteiger partial charge on any atom is 0.137 e. The Morgan fingerprint density at radius 3 is 2.67 bits per heavy atom. The van der Waals surface area contributed by atoms with Crippen molar-refractivity contribution in [1.82, 2.24) is 14.3 Å². The summed E-state index contributed by atoms with van der Waals surface area (Å²) in [6, 6.07) is 11.9. The minimum Gasteiger partial charge on any atom is -0.497 e. The van der Waals surface area contributed by atoms with Gasteiger partial charge in [0.05, 0.1) is 18.5 Å². The summed E-state index contributed by atoms with van der Waals surface area (Å²) in [5.41, 5.74) is 10.8. The number of anilines is 1. The Morgan fingerprint density at radius 1 is 1.17 bits per heavy atom. The van der Waals surface area contributed by atoms with Crippen molar-refractivity contribution in [3.8, 4) is 17.0 Å². The van der Waals surface area contributed by atoms with Gasteiger partial charge >= 0.3 is 0 Å². The molecular weight excluding hydrogens is 300 g/mol. The van der Waals surface area contributed by atoms with Crippen molar-refractivity contribution in [3.63, 3.8) is 0 Å². The van der Waals surface area contributed by atoms with Gasteiger partial charge in [-0.05, 0) is 37.4 Å². The number of nitrogens with zero attached hydrogens (tertiary/aromatic N) is 3. The molecule has 5 heteroatoms. The van der Waals surface area contributed by atoms with E-state index in [4.69, 9.17) is 15.5 Å². The molecule has 0 fully saturated rings. The molecule has 0 bridgehead atoms. The Bertz CT molecular complexity index is 836. The predicted molar refractivity (Wildman–Crippen MR) is 98.2 cm³/mol. The lowest BCUT2D eigenvalue weighted by molar-refractivity contribution is 0.292. The molecule has 0 aliphatic carbocycles. The van der Waals surface area contributed by atoms with Gasteiger partial charge in [-0.15, -0.1) is 0 Å². The van der Waals surface area contributed by atoms with Gasteiger partial charge in [0, 0.05) is 24.0 Å². The number of hydrogen-bond acceptors (Lipinski definition) is 4. The number of hydrogen-bond donors (Lipinski definition) is 1. The highest BCUT2D eigenvalue weighted by atomic mass is 16.5. The van der Waals surface area contributed by atoms with E-state index in [0.29, 0.717) is 0 Å². The molecular formula is C19H24N4O. The molecule has 0 unspecified atom stereocenters. The molecule has 0 spiro atoms. The van der Waals surface area contributed by atoms with Crippen molar-refractivity contribution in [2.24, 2.45) is 0 Å². The predicted octanol–water partition coefficient (Wildman–Crippen LogP) is 3.43. The van der Waals surface area contributed by atoms with Gasteiger partial charge in [0.25, 0.3) is 0 Å². The summed E-state index contributed by atoms with van der Waals surface area (Å²) >= 11 is 0. The van der Waals surface area contributed by atoms with Crippen molar-refractivity contribution in [1.29, 1.82) is 0 Å². The highest BCUT2D eigenvalue weighted by molar-refractivity contribution is 5.68. The molecule has 24 heavy (non-hydrogen) atoms. The van der Waals surface area contributed by atoms with E-state index in [1.807, 2.05) is 36.5 Å². The fourth-order valence-corrected chi connectivity index (χ4v) is 2.92. The SMILES string of the molecule is CCN(CC)Cc1c(-c2cccc(OC)c2)nc2ccc(N)cn12. The van der Waals surface area contributed by atoms with Crippen LogP contribution in [0.3, 0.4) is 0 Å². The van der Waals surface area contributed by atoms with Crippen molar-refractivity contribution < 1.29 is 4.74 Å². The number of methoxy groups -OCH3 is 1. The number of nitrogens with two attached hydrogens (primary N) is 1. The Balaban J connectivity index is 2.18. The van der Waals surface area contributed by atoms with Gasteiger partial charge in [-0.2, -0.15) is 0 Å². The topological polar surface area (TPSA) is 55.8 Å². The first-order valence-electron chi connectivity index (χ1n) is 8.29. The molecule has 3 rings (SSSR count). The van der Waals surface area contributed by atoms with Crippen LogP contribution >= 0.6 is 0 Å². The summed E-state index contributed by atoms with van der Waals surface area (Å²) in [5, 5.41) is 0. The van der Waals surface area contributed by atoms with Gasteiger partial charge in [0.2, 0.25) is 0 Å². The van der Waals surface area contributed by atoms with E-state index >= 15 is 0 Å². The largest absolute Gasteiger partial charge is 0.497 e. The third kappa shape index (κ3) is 3.08. The molecule has 1 aromatic carbocycles. The van der Waals surface area contributed by atoms with Gasteiger partial charge in [0.15, 0.2) is 0 Å². The van der Waals surface area contributed by atoms with Crippen LogP contribution in [0.5, 0.6) is 5.75 Å². The third-order valence-corrected chi connectivity index (χ3v) is 4.35. The molecule has 0 amide bonds. The fraction of sp³-hybridized carbons (Fsp3) is 0.316. The summed E-state index contributed by atoms with van der Waals surface area (Å²) in [7, 11) is 1.68. The van der Waals surface area contributed by atoms with E-state index in [0.717, 1.165) is 53.7 Å². The number of nitrogen functional groups attached to an aromatic ring is 1. The normalized spacial score (nSPS) is 11.3. The summed E-state index contributed by atoms with van der Waals surface area (Å²) in [6.45, 7) is 7.15. The maximum atomic E-state index is 6.00. The quantitative estimate of drug-likeness (QED) is 0.755. The first-order valence-corrected chi connectivity index (χ1v) is 8.29. The highest BCUT2D eigenvalue weighted by Gasteiger charge is 2.16. The van der Waals surface area contributed by atoms with Crippen LogP contribution in [0.4, 0.5) is 5.69 Å². The summed E-state index contributed by atoms with van der Waals surface area (Å²) in [4.78, 5) is 7.22. The molecule has 2 aromatic heterocycles. The van der Waals surface area contributed by atoms with Crippen LogP contribution in [0.25, 0.3) is 16.9 Å². The second-order valence-corrected chi connectivity index (χ2v) is 5.79. The van der Waals surface area contributed by atoms with Gasteiger partial charge in [-0.3, -0.25) is 4.90 Å². The number of rotatable bonds is 6. The van der Waals surface area contributed by atoms with Crippen LogP contribution < -0.4 is 10.5 Å². The Morgan fingerprint density at radius 2 is 1.96 bits per heavy atom. The first kappa shape index (κ1) is 16.3. The summed E-state index contributed by atoms with van der Waals surface area (Å²) in [5.74, 6) is 0.831. The van der Waals surface area contributed by atoms with Crippen LogP contribution in [-0.2, 0) is 6.54 Å². The van der Waals surface area contributed by atoms with E-state index in [1.165, 1.54) is 0 Å². The Hall–Kier alpha value is -2.53. The number of fused-ring (bicyclic) bond motifs is 1. The zero-order valence-electron chi connectivity index (χ0n) is 14.5. The van der Waals surface area contributed by atoms with Gasteiger partial charge < -0.3 is 14.9 Å². The zero-order valence-corrected chi connectivity index (χ0v) is 14.5. The lowest BCUT2D eigenvalue weighted by Crippen LogP contribution is -2.23. The lowest BCUT2D eigenvalue weighted by atomic mass is 10.1. The minimum absolute atomic E-state index is 0.734. The van der Waals surface area contributed by atoms with E-state index in [2.05, 4.69) is 29.2 Å².